The lowest BCUT2D eigenvalue weighted by molar-refractivity contribution is -0.151. The molecule has 27 heteroatoms. The second kappa shape index (κ2) is 43.9. The normalized spacial score (nSPS) is 15.4. The van der Waals surface area contributed by atoms with Crippen molar-refractivity contribution in [1.29, 1.82) is 0 Å². The Bertz CT molecular complexity index is 3070. The third-order valence-corrected chi connectivity index (χ3v) is 18.6. The number of nitrogens with zero attached hydrogens (tertiary/aromatic N) is 8. The number of nitrogens with two attached hydrogens (primary N) is 1. The van der Waals surface area contributed by atoms with E-state index in [1.807, 2.05) is 67.5 Å². The summed E-state index contributed by atoms with van der Waals surface area (Å²) < 4.78 is 6.05. The minimum absolute atomic E-state index is 0.000290. The molecule has 0 saturated carbocycles. The van der Waals surface area contributed by atoms with Crippen LogP contribution in [0.15, 0.2) is 60.7 Å². The summed E-state index contributed by atoms with van der Waals surface area (Å²) in [5.74, 6) is -9.26. The minimum Gasteiger partial charge on any atom is -0.393 e. The van der Waals surface area contributed by atoms with Crippen molar-refractivity contribution < 1.29 is 67.4 Å². The number of hydrogen-bond donors (Lipinski definition) is 6. The summed E-state index contributed by atoms with van der Waals surface area (Å²) in [6, 6.07) is 6.53. The van der Waals surface area contributed by atoms with Crippen LogP contribution < -0.4 is 27.0 Å². The Labute approximate surface area is 612 Å². The molecule has 578 valence electrons. The van der Waals surface area contributed by atoms with Gasteiger partial charge in [0.25, 0.3) is 0 Å². The van der Waals surface area contributed by atoms with E-state index in [0.717, 1.165) is 6.42 Å². The fourth-order valence-corrected chi connectivity index (χ4v) is 12.7. The van der Waals surface area contributed by atoms with Gasteiger partial charge in [-0.2, -0.15) is 0 Å². The number of ether oxygens (including phenoxy) is 1. The molecule has 0 radical (unpaired) electrons. The predicted molar refractivity (Wildman–Crippen MR) is 396 cm³/mol. The molecule has 27 nitrogen and oxygen atoms in total. The van der Waals surface area contributed by atoms with Crippen LogP contribution in [-0.4, -0.2) is 271 Å². The maximum Gasteiger partial charge on any atom is 0.247 e. The second-order valence-corrected chi connectivity index (χ2v) is 30.0. The summed E-state index contributed by atoms with van der Waals surface area (Å²) in [6.45, 7) is 22.3. The van der Waals surface area contributed by atoms with Crippen LogP contribution in [0.1, 0.15) is 152 Å². The smallest absolute Gasteiger partial charge is 0.247 e. The summed E-state index contributed by atoms with van der Waals surface area (Å²) in [7, 11) is 10.9. The first kappa shape index (κ1) is 89.2. The average Bonchev–Trinajstić information content (AvgIpc) is 0.806. The molecule has 0 spiro atoms. The van der Waals surface area contributed by atoms with Crippen molar-refractivity contribution in [2.24, 2.45) is 35.3 Å². The highest BCUT2D eigenvalue weighted by Crippen LogP contribution is 2.23. The lowest BCUT2D eigenvalue weighted by Gasteiger charge is -2.38. The zero-order valence-corrected chi connectivity index (χ0v) is 65.1. The molecule has 1 heterocycles. The zero-order valence-electron chi connectivity index (χ0n) is 65.1. The van der Waals surface area contributed by atoms with E-state index in [2.05, 4.69) is 21.3 Å². The molecule has 0 aliphatic carbocycles. The molecule has 12 amide bonds. The summed E-state index contributed by atoms with van der Waals surface area (Å²) in [5.41, 5.74) is 7.13. The van der Waals surface area contributed by atoms with Crippen LogP contribution in [0.4, 0.5) is 0 Å². The first-order valence-corrected chi connectivity index (χ1v) is 36.7. The first-order valence-electron chi connectivity index (χ1n) is 36.7. The van der Waals surface area contributed by atoms with E-state index in [9.17, 15) is 43.5 Å². The van der Waals surface area contributed by atoms with Crippen LogP contribution in [0.2, 0.25) is 0 Å². The van der Waals surface area contributed by atoms with Crippen molar-refractivity contribution in [2.45, 2.75) is 214 Å². The number of carbonyl (C=O) groups is 12. The van der Waals surface area contributed by atoms with E-state index >= 15 is 19.2 Å². The van der Waals surface area contributed by atoms with Crippen molar-refractivity contribution in [3.63, 3.8) is 0 Å². The maximum absolute atomic E-state index is 15.5. The highest BCUT2D eigenvalue weighted by molar-refractivity contribution is 5.99. The molecule has 2 aromatic rings. The molecule has 1 unspecified atom stereocenters. The Balaban J connectivity index is 2.09. The number of carbonyl (C=O) groups excluding carboxylic acids is 12. The Morgan fingerprint density at radius 3 is 1.49 bits per heavy atom. The maximum atomic E-state index is 15.5. The van der Waals surface area contributed by atoms with E-state index in [-0.39, 0.29) is 76.2 Å². The third kappa shape index (κ3) is 28.8. The van der Waals surface area contributed by atoms with Gasteiger partial charge in [0.1, 0.15) is 54.4 Å². The van der Waals surface area contributed by atoms with Gasteiger partial charge in [-0.25, -0.2) is 0 Å². The van der Waals surface area contributed by atoms with Crippen LogP contribution in [0.5, 0.6) is 0 Å². The molecular formula is C76H125N13O14. The summed E-state index contributed by atoms with van der Waals surface area (Å²) >= 11 is 0. The van der Waals surface area contributed by atoms with Gasteiger partial charge < -0.3 is 76.0 Å². The molecule has 1 fully saturated rings. The number of benzene rings is 2. The SMILES string of the molecule is CCCN(CC(=O)N(C)[C@@H](CC(C)C)C(=O)N[C@H](COCCN(C)C)C(=O)N(C)[C@@H](Cc1ccccc1)C(=O)N(C)C(C(=O)N[C@@H](CC(=O)N[C@@H](C(=O)N(C)[C@@H](Cc1ccccc1)C(=O)N[C@@H](CC(C)C)C(=O)N(C)[C@@H](CC(C)C)C(N)=O)C(C)C)C(=O)N1CCCCC1)C(C)C)C(=O)C[C@@H](C)O. The minimum atomic E-state index is -1.51. The molecule has 7 N–H and O–H groups in total. The number of aliphatic hydroxyl groups excluding tert-OH is 1. The summed E-state index contributed by atoms with van der Waals surface area (Å²) in [6.07, 6.45) is 1.50. The Kier molecular flexibility index (Phi) is 38.0. The van der Waals surface area contributed by atoms with Crippen molar-refractivity contribution in [3.05, 3.63) is 71.8 Å². The molecule has 0 bridgehead atoms. The Hall–Kier alpha value is -8.04. The number of likely N-dealkylation sites (N-methyl/N-ethyl adjacent to an activating group) is 6. The molecule has 103 heavy (non-hydrogen) atoms. The van der Waals surface area contributed by atoms with E-state index in [4.69, 9.17) is 10.5 Å². The second-order valence-electron chi connectivity index (χ2n) is 30.0. The number of nitrogens with one attached hydrogen (secondary N) is 4. The molecule has 1 aliphatic rings. The van der Waals surface area contributed by atoms with Crippen molar-refractivity contribution in [2.75, 3.05) is 95.3 Å². The number of piperidine rings is 1. The molecule has 0 aromatic heterocycles. The Morgan fingerprint density at radius 1 is 0.505 bits per heavy atom. The van der Waals surface area contributed by atoms with Gasteiger partial charge in [0.15, 0.2) is 0 Å². The van der Waals surface area contributed by atoms with Gasteiger partial charge in [-0.3, -0.25) is 57.5 Å². The predicted octanol–water partition coefficient (Wildman–Crippen LogP) is 3.47. The number of hydrogen-bond acceptors (Lipinski definition) is 15. The van der Waals surface area contributed by atoms with Crippen LogP contribution in [-0.2, 0) is 75.1 Å². The summed E-state index contributed by atoms with van der Waals surface area (Å²) in [4.78, 5) is 185. The molecule has 1 saturated heterocycles. The lowest BCUT2D eigenvalue weighted by atomic mass is 9.97. The topological polar surface area (TPSA) is 334 Å². The van der Waals surface area contributed by atoms with Gasteiger partial charge >= 0.3 is 0 Å². The fourth-order valence-electron chi connectivity index (χ4n) is 12.7. The highest BCUT2D eigenvalue weighted by Gasteiger charge is 2.43. The molecule has 10 atom stereocenters. The van der Waals surface area contributed by atoms with Gasteiger partial charge in [-0.15, -0.1) is 0 Å². The molecule has 3 rings (SSSR count). The average molecular weight is 1440 g/mol. The van der Waals surface area contributed by atoms with Crippen molar-refractivity contribution in [3.8, 4) is 0 Å². The number of amides is 12. The number of likely N-dealkylation sites (tertiary alicyclic amines) is 1. The van der Waals surface area contributed by atoms with Gasteiger partial charge in [-0.05, 0) is 107 Å². The van der Waals surface area contributed by atoms with E-state index in [1.54, 1.807) is 93.3 Å². The number of rotatable bonds is 43. The molecule has 2 aromatic carbocycles. The first-order chi connectivity index (χ1) is 48.3. The zero-order chi connectivity index (χ0) is 77.7. The standard InChI is InChI=1S/C76H125N13O14/c1-20-34-89(64(92)42-53(12)90)46-65(93)83(15)60(41-50(6)7)69(95)80-58(47-103-38-37-82(13)14)73(99)86(18)62(44-55-32-26-22-27-33-55)75(101)87(19)67(52(10)11)71(97)79-57(74(100)88-35-28-23-29-36-88)45-63(91)81-66(51(8)9)76(102)85(17)61(43-54-30-24-21-25-31-54)70(96)78-56(39-48(2)3)72(98)84(16)59(68(77)94)40-49(4)5/h21-22,24-27,30-33,48-53,56-62,66-67,90H,20,23,28-29,34-47H2,1-19H3,(H2,77,94)(H,78,96)(H,79,97)(H,80,95)(H,81,91)/t53-,56+,57+,58-,59+,60+,61+,62+,66-,67?/m1/s1. The van der Waals surface area contributed by atoms with Crippen LogP contribution >= 0.6 is 0 Å². The largest absolute Gasteiger partial charge is 0.393 e. The van der Waals surface area contributed by atoms with E-state index in [0.29, 0.717) is 56.4 Å². The van der Waals surface area contributed by atoms with Crippen molar-refractivity contribution in [1.82, 2.24) is 60.5 Å². The van der Waals surface area contributed by atoms with Crippen LogP contribution in [0.3, 0.4) is 0 Å². The van der Waals surface area contributed by atoms with Gasteiger partial charge in [-0.1, -0.05) is 137 Å². The van der Waals surface area contributed by atoms with Gasteiger partial charge in [0.05, 0.1) is 38.7 Å². The summed E-state index contributed by atoms with van der Waals surface area (Å²) in [5, 5.41) is 21.4. The van der Waals surface area contributed by atoms with Crippen LogP contribution in [0.25, 0.3) is 0 Å². The van der Waals surface area contributed by atoms with Crippen LogP contribution in [0, 0.1) is 29.6 Å². The highest BCUT2D eigenvalue weighted by atomic mass is 16.5. The molecular weight excluding hydrogens is 1320 g/mol. The third-order valence-electron chi connectivity index (χ3n) is 18.6. The van der Waals surface area contributed by atoms with Gasteiger partial charge in [0, 0.05) is 74.3 Å². The fraction of sp³-hybridized carbons (Fsp3) is 0.684. The lowest BCUT2D eigenvalue weighted by Crippen LogP contribution is -2.62. The monoisotopic (exact) mass is 1440 g/mol. The van der Waals surface area contributed by atoms with Crippen molar-refractivity contribution >= 4 is 70.9 Å². The van der Waals surface area contributed by atoms with E-state index < -0.39 is 150 Å². The number of primary amides is 1. The van der Waals surface area contributed by atoms with E-state index in [1.165, 1.54) is 71.6 Å². The molecule has 1 aliphatic heterocycles. The Morgan fingerprint density at radius 2 is 0.990 bits per heavy atom. The quantitative estimate of drug-likeness (QED) is 0.0518. The van der Waals surface area contributed by atoms with Gasteiger partial charge in [0.2, 0.25) is 70.9 Å². The number of aliphatic hydroxyl groups is 1.